The predicted molar refractivity (Wildman–Crippen MR) is 82.0 cm³/mol. The molecule has 2 N–H and O–H groups in total. The number of carbonyl (C=O) groups is 1. The number of fused-ring (bicyclic) bond motifs is 1. The monoisotopic (exact) mass is 302 g/mol. The number of hydrogen-bond donors (Lipinski definition) is 2. The number of nitrogens with one attached hydrogen (secondary N) is 2. The van der Waals surface area contributed by atoms with E-state index in [1.165, 1.54) is 17.8 Å². The minimum Gasteiger partial charge on any atom is -0.324 e. The summed E-state index contributed by atoms with van der Waals surface area (Å²) in [5.74, 6) is -0.280. The highest BCUT2D eigenvalue weighted by Gasteiger charge is 2.29. The molecule has 21 heavy (non-hydrogen) atoms. The molecule has 0 bridgehead atoms. The van der Waals surface area contributed by atoms with Crippen molar-refractivity contribution in [2.45, 2.75) is 22.8 Å². The van der Waals surface area contributed by atoms with Gasteiger partial charge in [-0.25, -0.2) is 4.39 Å². The van der Waals surface area contributed by atoms with Crippen LogP contribution in [-0.4, -0.2) is 12.5 Å². The van der Waals surface area contributed by atoms with Gasteiger partial charge in [0.25, 0.3) is 0 Å². The molecule has 0 saturated carbocycles. The highest BCUT2D eigenvalue weighted by Crippen LogP contribution is 2.37. The normalized spacial score (nSPS) is 16.7. The van der Waals surface area contributed by atoms with E-state index in [0.29, 0.717) is 4.90 Å². The largest absolute Gasteiger partial charge is 0.324 e. The summed E-state index contributed by atoms with van der Waals surface area (Å²) in [6.07, 6.45) is 0. The molecule has 2 aromatic carbocycles. The molecule has 108 valence electrons. The van der Waals surface area contributed by atoms with Gasteiger partial charge in [-0.3, -0.25) is 4.79 Å². The molecule has 0 radical (unpaired) electrons. The lowest BCUT2D eigenvalue weighted by molar-refractivity contribution is -0.117. The summed E-state index contributed by atoms with van der Waals surface area (Å²) in [6.45, 7) is 2.69. The number of carbonyl (C=O) groups excluding carboxylic acids is 1. The van der Waals surface area contributed by atoms with E-state index in [0.717, 1.165) is 22.7 Å². The molecule has 1 atom stereocenters. The number of hydrogen-bond acceptors (Lipinski definition) is 3. The molecule has 3 nitrogen and oxygen atoms in total. The van der Waals surface area contributed by atoms with Crippen LogP contribution in [-0.2, 0) is 4.79 Å². The highest BCUT2D eigenvalue weighted by atomic mass is 32.2. The topological polar surface area (TPSA) is 41.1 Å². The first-order valence-corrected chi connectivity index (χ1v) is 7.61. The summed E-state index contributed by atoms with van der Waals surface area (Å²) in [7, 11) is 0. The molecule has 0 aliphatic carbocycles. The van der Waals surface area contributed by atoms with Gasteiger partial charge in [0, 0.05) is 21.0 Å². The number of anilines is 1. The van der Waals surface area contributed by atoms with E-state index in [9.17, 15) is 9.18 Å². The number of likely N-dealkylation sites (N-methyl/N-ethyl adjacent to an activating group) is 1. The zero-order valence-corrected chi connectivity index (χ0v) is 12.3. The molecule has 1 unspecified atom stereocenters. The van der Waals surface area contributed by atoms with Crippen molar-refractivity contribution in [2.75, 3.05) is 11.9 Å². The quantitative estimate of drug-likeness (QED) is 0.907. The van der Waals surface area contributed by atoms with Crippen LogP contribution in [0.25, 0.3) is 0 Å². The fraction of sp³-hybridized carbons (Fsp3) is 0.188. The lowest BCUT2D eigenvalue weighted by atomic mass is 10.1. The second-order valence-corrected chi connectivity index (χ2v) is 5.88. The Bertz CT molecular complexity index is 690. The molecule has 1 aliphatic heterocycles. The van der Waals surface area contributed by atoms with Crippen LogP contribution in [0.1, 0.15) is 18.5 Å². The first-order valence-electron chi connectivity index (χ1n) is 6.79. The molecule has 1 aliphatic rings. The Morgan fingerprint density at radius 2 is 2.10 bits per heavy atom. The van der Waals surface area contributed by atoms with E-state index < -0.39 is 0 Å². The van der Waals surface area contributed by atoms with Crippen LogP contribution in [0.5, 0.6) is 0 Å². The number of rotatable bonds is 4. The molecule has 3 rings (SSSR count). The van der Waals surface area contributed by atoms with Crippen LogP contribution in [0.2, 0.25) is 0 Å². The van der Waals surface area contributed by atoms with Crippen molar-refractivity contribution in [2.24, 2.45) is 0 Å². The van der Waals surface area contributed by atoms with E-state index in [1.54, 1.807) is 12.1 Å². The van der Waals surface area contributed by atoms with Crippen molar-refractivity contribution in [3.63, 3.8) is 0 Å². The molecular weight excluding hydrogens is 287 g/mol. The summed E-state index contributed by atoms with van der Waals surface area (Å²) in [5.41, 5.74) is 1.74. The van der Waals surface area contributed by atoms with E-state index in [-0.39, 0.29) is 17.8 Å². The maximum Gasteiger partial charge on any atom is 0.246 e. The first kappa shape index (κ1) is 14.1. The van der Waals surface area contributed by atoms with Crippen molar-refractivity contribution in [3.05, 3.63) is 53.8 Å². The molecule has 1 amide bonds. The second-order valence-electron chi connectivity index (χ2n) is 4.76. The highest BCUT2D eigenvalue weighted by molar-refractivity contribution is 7.99. The third kappa shape index (κ3) is 2.80. The van der Waals surface area contributed by atoms with Crippen LogP contribution in [0.15, 0.2) is 52.3 Å². The van der Waals surface area contributed by atoms with E-state index in [2.05, 4.69) is 10.6 Å². The molecule has 1 heterocycles. The lowest BCUT2D eigenvalue weighted by Gasteiger charge is -2.09. The van der Waals surface area contributed by atoms with E-state index in [1.807, 2.05) is 31.2 Å². The maximum atomic E-state index is 13.7. The Morgan fingerprint density at radius 1 is 1.29 bits per heavy atom. The standard InChI is InChI=1S/C16H15FN2OS/c1-2-18-15-11-8-7-10(9-13(11)19-16(15)20)21-14-6-4-3-5-12(14)17/h3-9,15,18H,2H2,1H3,(H,19,20). The minimum absolute atomic E-state index is 0.0418. The van der Waals surface area contributed by atoms with Gasteiger partial charge >= 0.3 is 0 Å². The van der Waals surface area contributed by atoms with Gasteiger partial charge in [-0.2, -0.15) is 0 Å². The van der Waals surface area contributed by atoms with Gasteiger partial charge in [-0.05, 0) is 30.8 Å². The third-order valence-corrected chi connectivity index (χ3v) is 4.37. The van der Waals surface area contributed by atoms with Crippen LogP contribution in [0, 0.1) is 5.82 Å². The summed E-state index contributed by atoms with van der Waals surface area (Å²) in [4.78, 5) is 13.4. The lowest BCUT2D eigenvalue weighted by Crippen LogP contribution is -2.27. The molecule has 0 fully saturated rings. The van der Waals surface area contributed by atoms with Crippen molar-refractivity contribution < 1.29 is 9.18 Å². The Labute approximate surface area is 126 Å². The summed E-state index contributed by atoms with van der Waals surface area (Å²) >= 11 is 1.35. The average molecular weight is 302 g/mol. The average Bonchev–Trinajstić information content (AvgIpc) is 2.78. The predicted octanol–water partition coefficient (Wildman–Crippen LogP) is 3.58. The van der Waals surface area contributed by atoms with Crippen molar-refractivity contribution in [1.82, 2.24) is 5.32 Å². The fourth-order valence-electron chi connectivity index (χ4n) is 2.37. The summed E-state index contributed by atoms with van der Waals surface area (Å²) in [6, 6.07) is 12.1. The molecule has 2 aromatic rings. The molecule has 5 heteroatoms. The number of benzene rings is 2. The van der Waals surface area contributed by atoms with Crippen molar-refractivity contribution in [1.29, 1.82) is 0 Å². The summed E-state index contributed by atoms with van der Waals surface area (Å²) in [5, 5.41) is 6.01. The third-order valence-electron chi connectivity index (χ3n) is 3.33. The summed E-state index contributed by atoms with van der Waals surface area (Å²) < 4.78 is 13.7. The maximum absolute atomic E-state index is 13.7. The first-order chi connectivity index (χ1) is 10.2. The van der Waals surface area contributed by atoms with Crippen LogP contribution < -0.4 is 10.6 Å². The fourth-order valence-corrected chi connectivity index (χ4v) is 3.25. The Hall–Kier alpha value is -1.85. The Kier molecular flexibility index (Phi) is 3.94. The van der Waals surface area contributed by atoms with Gasteiger partial charge in [0.2, 0.25) is 5.91 Å². The number of halogens is 1. The zero-order chi connectivity index (χ0) is 14.8. The van der Waals surface area contributed by atoms with Gasteiger partial charge in [0.05, 0.1) is 0 Å². The number of amides is 1. The van der Waals surface area contributed by atoms with Gasteiger partial charge in [-0.1, -0.05) is 36.9 Å². The second kappa shape index (κ2) is 5.87. The Morgan fingerprint density at radius 3 is 2.86 bits per heavy atom. The van der Waals surface area contributed by atoms with E-state index in [4.69, 9.17) is 0 Å². The minimum atomic E-state index is -0.294. The van der Waals surface area contributed by atoms with Gasteiger partial charge in [0.1, 0.15) is 11.9 Å². The zero-order valence-electron chi connectivity index (χ0n) is 11.5. The Balaban J connectivity index is 1.86. The van der Waals surface area contributed by atoms with Crippen molar-refractivity contribution >= 4 is 23.4 Å². The molecule has 0 saturated heterocycles. The van der Waals surface area contributed by atoms with Crippen LogP contribution in [0.4, 0.5) is 10.1 Å². The smallest absolute Gasteiger partial charge is 0.246 e. The van der Waals surface area contributed by atoms with Crippen molar-refractivity contribution in [3.8, 4) is 0 Å². The molecule has 0 aromatic heterocycles. The van der Waals surface area contributed by atoms with Gasteiger partial charge in [-0.15, -0.1) is 0 Å². The van der Waals surface area contributed by atoms with Crippen LogP contribution in [0.3, 0.4) is 0 Å². The van der Waals surface area contributed by atoms with Crippen LogP contribution >= 0.6 is 11.8 Å². The van der Waals surface area contributed by atoms with Gasteiger partial charge in [0.15, 0.2) is 0 Å². The van der Waals surface area contributed by atoms with Gasteiger partial charge < -0.3 is 10.6 Å². The van der Waals surface area contributed by atoms with E-state index >= 15 is 0 Å². The molecular formula is C16H15FN2OS. The SMILES string of the molecule is CCNC1C(=O)Nc2cc(Sc3ccccc3F)ccc21. The molecule has 0 spiro atoms.